The summed E-state index contributed by atoms with van der Waals surface area (Å²) in [4.78, 5) is 22.9. The van der Waals surface area contributed by atoms with Gasteiger partial charge in [0, 0.05) is 0 Å². The van der Waals surface area contributed by atoms with Crippen LogP contribution < -0.4 is 0 Å². The molecule has 2 unspecified atom stereocenters. The maximum absolute atomic E-state index is 11.5. The van der Waals surface area contributed by atoms with E-state index in [2.05, 4.69) is 12.1 Å². The minimum atomic E-state index is -0.473. The van der Waals surface area contributed by atoms with E-state index in [1.165, 1.54) is 11.1 Å². The number of esters is 2. The lowest BCUT2D eigenvalue weighted by molar-refractivity contribution is -0.161. The highest BCUT2D eigenvalue weighted by Crippen LogP contribution is 2.36. The average molecular weight is 290 g/mol. The van der Waals surface area contributed by atoms with Gasteiger partial charge >= 0.3 is 11.9 Å². The summed E-state index contributed by atoms with van der Waals surface area (Å²) in [5.74, 6) is -0.512. The van der Waals surface area contributed by atoms with Crippen molar-refractivity contribution in [1.29, 1.82) is 0 Å². The molecular formula is C17H22O4. The van der Waals surface area contributed by atoms with Gasteiger partial charge in [0.25, 0.3) is 0 Å². The van der Waals surface area contributed by atoms with E-state index in [4.69, 9.17) is 9.47 Å². The first-order valence-corrected chi connectivity index (χ1v) is 7.51. The van der Waals surface area contributed by atoms with Crippen molar-refractivity contribution in [1.82, 2.24) is 0 Å². The molecule has 0 aromatic heterocycles. The Morgan fingerprint density at radius 1 is 1.29 bits per heavy atom. The first-order chi connectivity index (χ1) is 10.1. The first-order valence-electron chi connectivity index (χ1n) is 7.51. The van der Waals surface area contributed by atoms with Crippen molar-refractivity contribution in [3.8, 4) is 0 Å². The number of fused-ring (bicyclic) bond motifs is 1. The van der Waals surface area contributed by atoms with Crippen LogP contribution in [0.2, 0.25) is 0 Å². The third-order valence-electron chi connectivity index (χ3n) is 4.04. The molecule has 2 rings (SSSR count). The second-order valence-corrected chi connectivity index (χ2v) is 5.53. The zero-order valence-electron chi connectivity index (χ0n) is 12.6. The standard InChI is InChI=1S/C17H22O4/c1-3-12(2)17(19)21-11-16(18)20-9-8-14-10-13-6-4-5-7-15(13)14/h4-7,12,14H,3,8-11H2,1-2H3. The van der Waals surface area contributed by atoms with Crippen molar-refractivity contribution >= 4 is 11.9 Å². The van der Waals surface area contributed by atoms with Crippen molar-refractivity contribution < 1.29 is 19.1 Å². The molecular weight excluding hydrogens is 268 g/mol. The number of carbonyl (C=O) groups excluding carboxylic acids is 2. The maximum Gasteiger partial charge on any atom is 0.344 e. The summed E-state index contributed by atoms with van der Waals surface area (Å²) in [6.07, 6.45) is 2.58. The van der Waals surface area contributed by atoms with Crippen molar-refractivity contribution in [2.24, 2.45) is 5.92 Å². The maximum atomic E-state index is 11.5. The molecule has 114 valence electrons. The Kier molecular flexibility index (Phi) is 5.37. The summed E-state index contributed by atoms with van der Waals surface area (Å²) in [6.45, 7) is 3.77. The van der Waals surface area contributed by atoms with Crippen molar-refractivity contribution in [2.45, 2.75) is 39.0 Å². The van der Waals surface area contributed by atoms with E-state index >= 15 is 0 Å². The van der Waals surface area contributed by atoms with Gasteiger partial charge in [-0.3, -0.25) is 4.79 Å². The predicted octanol–water partition coefficient (Wildman–Crippen LogP) is 2.85. The van der Waals surface area contributed by atoms with Crippen LogP contribution in [0.4, 0.5) is 0 Å². The molecule has 1 aromatic carbocycles. The summed E-state index contributed by atoms with van der Waals surface area (Å²) < 4.78 is 10.0. The number of ether oxygens (including phenoxy) is 2. The molecule has 0 radical (unpaired) electrons. The fraction of sp³-hybridized carbons (Fsp3) is 0.529. The van der Waals surface area contributed by atoms with E-state index in [1.54, 1.807) is 6.92 Å². The van der Waals surface area contributed by atoms with Crippen molar-refractivity contribution in [3.05, 3.63) is 35.4 Å². The van der Waals surface area contributed by atoms with Gasteiger partial charge in [-0.2, -0.15) is 0 Å². The largest absolute Gasteiger partial charge is 0.463 e. The Morgan fingerprint density at radius 3 is 2.76 bits per heavy atom. The van der Waals surface area contributed by atoms with E-state index in [0.717, 1.165) is 12.8 Å². The molecule has 0 bridgehead atoms. The monoisotopic (exact) mass is 290 g/mol. The van der Waals surface area contributed by atoms with Gasteiger partial charge in [-0.25, -0.2) is 4.79 Å². The van der Waals surface area contributed by atoms with E-state index in [-0.39, 0.29) is 18.5 Å². The molecule has 2 atom stereocenters. The third kappa shape index (κ3) is 4.06. The molecule has 0 fully saturated rings. The van der Waals surface area contributed by atoms with E-state index in [9.17, 15) is 9.59 Å². The highest BCUT2D eigenvalue weighted by molar-refractivity contribution is 5.77. The molecule has 1 aliphatic rings. The zero-order chi connectivity index (χ0) is 15.2. The number of hydrogen-bond donors (Lipinski definition) is 0. The molecule has 4 nitrogen and oxygen atoms in total. The summed E-state index contributed by atoms with van der Waals surface area (Å²) in [6, 6.07) is 8.33. The summed E-state index contributed by atoms with van der Waals surface area (Å²) in [7, 11) is 0. The Bertz CT molecular complexity index is 509. The Labute approximate surface area is 125 Å². The predicted molar refractivity (Wildman–Crippen MR) is 78.9 cm³/mol. The van der Waals surface area contributed by atoms with Gasteiger partial charge in [0.05, 0.1) is 12.5 Å². The minimum absolute atomic E-state index is 0.177. The second kappa shape index (κ2) is 7.25. The van der Waals surface area contributed by atoms with Crippen LogP contribution in [-0.2, 0) is 25.5 Å². The van der Waals surface area contributed by atoms with Crippen molar-refractivity contribution in [3.63, 3.8) is 0 Å². The second-order valence-electron chi connectivity index (χ2n) is 5.53. The van der Waals surface area contributed by atoms with Crippen LogP contribution in [0.1, 0.15) is 43.7 Å². The average Bonchev–Trinajstić information content (AvgIpc) is 2.48. The van der Waals surface area contributed by atoms with Crippen LogP contribution in [0.3, 0.4) is 0 Å². The van der Waals surface area contributed by atoms with Crippen molar-refractivity contribution in [2.75, 3.05) is 13.2 Å². The first kappa shape index (κ1) is 15.5. The molecule has 0 spiro atoms. The number of carbonyl (C=O) groups is 2. The lowest BCUT2D eigenvalue weighted by atomic mass is 9.76. The molecule has 21 heavy (non-hydrogen) atoms. The van der Waals surface area contributed by atoms with Crippen LogP contribution >= 0.6 is 0 Å². The topological polar surface area (TPSA) is 52.6 Å². The molecule has 4 heteroatoms. The highest BCUT2D eigenvalue weighted by atomic mass is 16.6. The van der Waals surface area contributed by atoms with Gasteiger partial charge < -0.3 is 9.47 Å². The fourth-order valence-electron chi connectivity index (χ4n) is 2.42. The van der Waals surface area contributed by atoms with Gasteiger partial charge in [-0.1, -0.05) is 38.1 Å². The number of hydrogen-bond acceptors (Lipinski definition) is 4. The fourth-order valence-corrected chi connectivity index (χ4v) is 2.42. The van der Waals surface area contributed by atoms with Crippen LogP contribution in [-0.4, -0.2) is 25.2 Å². The summed E-state index contributed by atoms with van der Waals surface area (Å²) >= 11 is 0. The summed E-state index contributed by atoms with van der Waals surface area (Å²) in [5, 5.41) is 0. The molecule has 1 aromatic rings. The lowest BCUT2D eigenvalue weighted by Gasteiger charge is -2.29. The van der Waals surface area contributed by atoms with Gasteiger partial charge in [-0.15, -0.1) is 0 Å². The quantitative estimate of drug-likeness (QED) is 0.725. The molecule has 0 saturated carbocycles. The lowest BCUT2D eigenvalue weighted by Crippen LogP contribution is -2.22. The van der Waals surface area contributed by atoms with Gasteiger partial charge in [0.2, 0.25) is 0 Å². The third-order valence-corrected chi connectivity index (χ3v) is 4.04. The van der Waals surface area contributed by atoms with Crippen LogP contribution in [0.15, 0.2) is 24.3 Å². The SMILES string of the molecule is CCC(C)C(=O)OCC(=O)OCCC1Cc2ccccc21. The molecule has 0 N–H and O–H groups in total. The minimum Gasteiger partial charge on any atom is -0.463 e. The van der Waals surface area contributed by atoms with E-state index in [1.807, 2.05) is 19.1 Å². The van der Waals surface area contributed by atoms with Gasteiger partial charge in [0.1, 0.15) is 0 Å². The highest BCUT2D eigenvalue weighted by Gasteiger charge is 2.25. The molecule has 0 aliphatic heterocycles. The number of rotatable bonds is 7. The number of benzene rings is 1. The summed E-state index contributed by atoms with van der Waals surface area (Å²) in [5.41, 5.74) is 2.74. The van der Waals surface area contributed by atoms with E-state index < -0.39 is 5.97 Å². The smallest absolute Gasteiger partial charge is 0.344 e. The molecule has 0 heterocycles. The zero-order valence-corrected chi connectivity index (χ0v) is 12.6. The van der Waals surface area contributed by atoms with Crippen LogP contribution in [0.25, 0.3) is 0 Å². The normalized spacial score (nSPS) is 17.3. The Balaban J connectivity index is 1.61. The Hall–Kier alpha value is -1.84. The van der Waals surface area contributed by atoms with Gasteiger partial charge in [-0.05, 0) is 36.3 Å². The molecule has 1 aliphatic carbocycles. The molecule has 0 amide bonds. The van der Waals surface area contributed by atoms with Crippen LogP contribution in [0.5, 0.6) is 0 Å². The van der Waals surface area contributed by atoms with E-state index in [0.29, 0.717) is 18.9 Å². The van der Waals surface area contributed by atoms with Crippen LogP contribution in [0, 0.1) is 5.92 Å². The Morgan fingerprint density at radius 2 is 2.05 bits per heavy atom. The van der Waals surface area contributed by atoms with Gasteiger partial charge in [0.15, 0.2) is 6.61 Å². The molecule has 0 saturated heterocycles.